The highest BCUT2D eigenvalue weighted by Crippen LogP contribution is 2.32. The summed E-state index contributed by atoms with van der Waals surface area (Å²) in [5.41, 5.74) is 0. The number of rotatable bonds is 6. The minimum Gasteiger partial charge on any atom is -0.312 e. The fourth-order valence-corrected chi connectivity index (χ4v) is 5.34. The first kappa shape index (κ1) is 15.9. The summed E-state index contributed by atoms with van der Waals surface area (Å²) in [7, 11) is -3.36. The van der Waals surface area contributed by atoms with Crippen molar-refractivity contribution in [1.82, 2.24) is 10.0 Å². The van der Waals surface area contributed by atoms with Gasteiger partial charge in [-0.2, -0.15) is 0 Å². The molecule has 1 aliphatic carbocycles. The van der Waals surface area contributed by atoms with Gasteiger partial charge in [-0.05, 0) is 43.4 Å². The molecule has 20 heavy (non-hydrogen) atoms. The molecule has 0 aromatic carbocycles. The molecule has 6 heteroatoms. The molecule has 3 atom stereocenters. The van der Waals surface area contributed by atoms with Crippen molar-refractivity contribution in [3.8, 4) is 0 Å². The lowest BCUT2D eigenvalue weighted by atomic mass is 9.98. The Hall–Kier alpha value is -0.430. The van der Waals surface area contributed by atoms with E-state index < -0.39 is 10.0 Å². The SMILES string of the molecule is CCNCc1ccc(S(=O)(=O)NC2CCC(C)C2C)s1. The highest BCUT2D eigenvalue weighted by Gasteiger charge is 2.33. The van der Waals surface area contributed by atoms with Crippen molar-refractivity contribution in [3.63, 3.8) is 0 Å². The number of nitrogens with one attached hydrogen (secondary N) is 2. The number of hydrogen-bond acceptors (Lipinski definition) is 4. The van der Waals surface area contributed by atoms with Gasteiger partial charge in [0.2, 0.25) is 10.0 Å². The van der Waals surface area contributed by atoms with Crippen LogP contribution in [0.1, 0.15) is 38.5 Å². The van der Waals surface area contributed by atoms with E-state index in [1.54, 1.807) is 6.07 Å². The van der Waals surface area contributed by atoms with Gasteiger partial charge in [0.25, 0.3) is 0 Å². The van der Waals surface area contributed by atoms with Crippen molar-refractivity contribution in [2.45, 2.75) is 50.4 Å². The molecule has 2 N–H and O–H groups in total. The van der Waals surface area contributed by atoms with E-state index in [0.29, 0.717) is 16.0 Å². The maximum absolute atomic E-state index is 12.4. The van der Waals surface area contributed by atoms with Gasteiger partial charge in [-0.3, -0.25) is 0 Å². The summed E-state index contributed by atoms with van der Waals surface area (Å²) in [6.07, 6.45) is 2.04. The molecule has 4 nitrogen and oxygen atoms in total. The quantitative estimate of drug-likeness (QED) is 0.848. The Balaban J connectivity index is 2.05. The molecule has 0 bridgehead atoms. The van der Waals surface area contributed by atoms with E-state index in [1.807, 2.05) is 13.0 Å². The Labute approximate surface area is 126 Å². The monoisotopic (exact) mass is 316 g/mol. The molecule has 2 rings (SSSR count). The smallest absolute Gasteiger partial charge is 0.250 e. The van der Waals surface area contributed by atoms with Crippen molar-refractivity contribution >= 4 is 21.4 Å². The Kier molecular flexibility index (Phi) is 5.23. The lowest BCUT2D eigenvalue weighted by Gasteiger charge is -2.19. The first-order chi connectivity index (χ1) is 9.44. The third-order valence-corrected chi connectivity index (χ3v) is 7.29. The van der Waals surface area contributed by atoms with E-state index in [4.69, 9.17) is 0 Å². The van der Waals surface area contributed by atoms with E-state index in [-0.39, 0.29) is 6.04 Å². The topological polar surface area (TPSA) is 58.2 Å². The molecule has 0 radical (unpaired) electrons. The van der Waals surface area contributed by atoms with Gasteiger partial charge >= 0.3 is 0 Å². The molecule has 1 saturated carbocycles. The molecule has 0 amide bonds. The first-order valence-electron chi connectivity index (χ1n) is 7.25. The van der Waals surface area contributed by atoms with Crippen molar-refractivity contribution in [1.29, 1.82) is 0 Å². The van der Waals surface area contributed by atoms with Crippen LogP contribution in [0.4, 0.5) is 0 Å². The second-order valence-corrected chi connectivity index (χ2v) is 8.75. The lowest BCUT2D eigenvalue weighted by Crippen LogP contribution is -2.36. The molecular weight excluding hydrogens is 292 g/mol. The van der Waals surface area contributed by atoms with Gasteiger partial charge in [0.1, 0.15) is 4.21 Å². The molecule has 0 spiro atoms. The standard InChI is InChI=1S/C14H24N2O2S2/c1-4-15-9-12-6-8-14(19-12)20(17,18)16-13-7-5-10(2)11(13)3/h6,8,10-11,13,15-16H,4-5,7,9H2,1-3H3. The highest BCUT2D eigenvalue weighted by molar-refractivity contribution is 7.91. The number of hydrogen-bond donors (Lipinski definition) is 2. The minimum atomic E-state index is -3.36. The van der Waals surface area contributed by atoms with E-state index in [9.17, 15) is 8.42 Å². The molecule has 1 fully saturated rings. The molecular formula is C14H24N2O2S2. The van der Waals surface area contributed by atoms with Crippen LogP contribution in [0.25, 0.3) is 0 Å². The number of thiophene rings is 1. The van der Waals surface area contributed by atoms with Crippen LogP contribution in [-0.4, -0.2) is 21.0 Å². The third-order valence-electron chi connectivity index (χ3n) is 4.22. The van der Waals surface area contributed by atoms with Gasteiger partial charge in [-0.15, -0.1) is 11.3 Å². The van der Waals surface area contributed by atoms with E-state index >= 15 is 0 Å². The van der Waals surface area contributed by atoms with Gasteiger partial charge < -0.3 is 5.32 Å². The maximum atomic E-state index is 12.4. The second kappa shape index (κ2) is 6.56. The summed E-state index contributed by atoms with van der Waals surface area (Å²) in [4.78, 5) is 1.06. The summed E-state index contributed by atoms with van der Waals surface area (Å²) in [5.74, 6) is 1.00. The fraction of sp³-hybridized carbons (Fsp3) is 0.714. The zero-order valence-electron chi connectivity index (χ0n) is 12.3. The zero-order chi connectivity index (χ0) is 14.8. The molecule has 0 aliphatic heterocycles. The van der Waals surface area contributed by atoms with Crippen LogP contribution in [0.3, 0.4) is 0 Å². The molecule has 1 aromatic rings. The van der Waals surface area contributed by atoms with Crippen molar-refractivity contribution in [2.24, 2.45) is 11.8 Å². The average Bonchev–Trinajstić information content (AvgIpc) is 2.99. The number of sulfonamides is 1. The molecule has 114 valence electrons. The largest absolute Gasteiger partial charge is 0.312 e. The van der Waals surface area contributed by atoms with E-state index in [0.717, 1.165) is 30.8 Å². The minimum absolute atomic E-state index is 0.0781. The van der Waals surface area contributed by atoms with Crippen LogP contribution in [0.5, 0.6) is 0 Å². The van der Waals surface area contributed by atoms with Crippen LogP contribution < -0.4 is 10.0 Å². The van der Waals surface area contributed by atoms with Gasteiger partial charge in [0.05, 0.1) is 0 Å². The molecule has 0 saturated heterocycles. The average molecular weight is 316 g/mol. The molecule has 3 unspecified atom stereocenters. The van der Waals surface area contributed by atoms with Crippen molar-refractivity contribution in [3.05, 3.63) is 17.0 Å². The normalized spacial score (nSPS) is 27.1. The maximum Gasteiger partial charge on any atom is 0.250 e. The van der Waals surface area contributed by atoms with Crippen LogP contribution in [-0.2, 0) is 16.6 Å². The zero-order valence-corrected chi connectivity index (χ0v) is 14.0. The molecule has 1 heterocycles. The first-order valence-corrected chi connectivity index (χ1v) is 9.55. The third kappa shape index (κ3) is 3.61. The predicted molar refractivity (Wildman–Crippen MR) is 83.4 cm³/mol. The van der Waals surface area contributed by atoms with Crippen LogP contribution >= 0.6 is 11.3 Å². The highest BCUT2D eigenvalue weighted by atomic mass is 32.2. The Morgan fingerprint density at radius 2 is 2.05 bits per heavy atom. The Bertz CT molecular complexity index is 539. The summed E-state index contributed by atoms with van der Waals surface area (Å²) in [6.45, 7) is 7.98. The Morgan fingerprint density at radius 1 is 1.30 bits per heavy atom. The van der Waals surface area contributed by atoms with Gasteiger partial charge in [-0.25, -0.2) is 13.1 Å². The second-order valence-electron chi connectivity index (χ2n) is 5.64. The predicted octanol–water partition coefficient (Wildman–Crippen LogP) is 2.57. The summed E-state index contributed by atoms with van der Waals surface area (Å²) >= 11 is 1.35. The Morgan fingerprint density at radius 3 is 2.65 bits per heavy atom. The van der Waals surface area contributed by atoms with Crippen LogP contribution in [0.15, 0.2) is 16.3 Å². The summed E-state index contributed by atoms with van der Waals surface area (Å²) in [5, 5.41) is 3.21. The van der Waals surface area contributed by atoms with Crippen molar-refractivity contribution in [2.75, 3.05) is 6.54 Å². The van der Waals surface area contributed by atoms with Gasteiger partial charge in [-0.1, -0.05) is 20.8 Å². The molecule has 1 aromatic heterocycles. The van der Waals surface area contributed by atoms with Gasteiger partial charge in [0.15, 0.2) is 0 Å². The summed E-state index contributed by atoms with van der Waals surface area (Å²) < 4.78 is 28.1. The van der Waals surface area contributed by atoms with E-state index in [2.05, 4.69) is 23.9 Å². The van der Waals surface area contributed by atoms with Gasteiger partial charge in [0, 0.05) is 17.5 Å². The molecule has 1 aliphatic rings. The lowest BCUT2D eigenvalue weighted by molar-refractivity contribution is 0.402. The van der Waals surface area contributed by atoms with E-state index in [1.165, 1.54) is 11.3 Å². The van der Waals surface area contributed by atoms with Crippen LogP contribution in [0.2, 0.25) is 0 Å². The van der Waals surface area contributed by atoms with Crippen LogP contribution in [0, 0.1) is 11.8 Å². The fourth-order valence-electron chi connectivity index (χ4n) is 2.63. The van der Waals surface area contributed by atoms with Crippen molar-refractivity contribution < 1.29 is 8.42 Å². The summed E-state index contributed by atoms with van der Waals surface area (Å²) in [6, 6.07) is 3.68.